The van der Waals surface area contributed by atoms with Gasteiger partial charge in [0, 0.05) is 48.3 Å². The quantitative estimate of drug-likeness (QED) is 0.519. The molecular formula is C25H28F3N5OS. The van der Waals surface area contributed by atoms with Gasteiger partial charge < -0.3 is 9.80 Å². The molecule has 0 saturated heterocycles. The molecule has 1 atom stereocenters. The topological polar surface area (TPSA) is 65.2 Å². The first-order chi connectivity index (χ1) is 16.6. The molecule has 3 heterocycles. The van der Waals surface area contributed by atoms with E-state index in [0.29, 0.717) is 49.5 Å². The summed E-state index contributed by atoms with van der Waals surface area (Å²) in [4.78, 5) is 18.1. The van der Waals surface area contributed by atoms with E-state index in [2.05, 4.69) is 11.2 Å². The fourth-order valence-corrected chi connectivity index (χ4v) is 5.92. The number of nitriles is 1. The monoisotopic (exact) mass is 503 g/mol. The van der Waals surface area contributed by atoms with Gasteiger partial charge >= 0.3 is 6.18 Å². The smallest absolute Gasteiger partial charge is 0.333 e. The average molecular weight is 504 g/mol. The van der Waals surface area contributed by atoms with Crippen LogP contribution in [0, 0.1) is 11.3 Å². The van der Waals surface area contributed by atoms with Crippen LogP contribution >= 0.6 is 11.3 Å². The number of nitrogens with zero attached hydrogens (tertiary/aromatic N) is 5. The number of halogens is 3. The highest BCUT2D eigenvalue weighted by Crippen LogP contribution is 2.48. The van der Waals surface area contributed by atoms with E-state index in [0.717, 1.165) is 22.4 Å². The van der Waals surface area contributed by atoms with E-state index < -0.39 is 11.9 Å². The molecule has 1 aliphatic heterocycles. The zero-order chi connectivity index (χ0) is 25.3. The van der Waals surface area contributed by atoms with E-state index in [1.54, 1.807) is 24.0 Å². The standard InChI is InChI=1S/C25H28F3N5OS/c1-4-33-14-21(24(30-33)25(26,27)28)18-8-5-7-17(18)20-13-32(23(34)9-6-10-31(2)3)15-22-19(20)11-16(12-29)35-22/h6,9,11,14,20H,4-5,7-8,10,13,15H2,1-3H3/b9-6+. The Labute approximate surface area is 206 Å². The lowest BCUT2D eigenvalue weighted by Crippen LogP contribution is -2.37. The first-order valence-electron chi connectivity index (χ1n) is 11.6. The fourth-order valence-electron chi connectivity index (χ4n) is 4.88. The number of likely N-dealkylation sites (N-methyl/N-ethyl adjacent to an activating group) is 1. The molecule has 0 spiro atoms. The number of hydrogen-bond acceptors (Lipinski definition) is 5. The van der Waals surface area contributed by atoms with Gasteiger partial charge in [-0.3, -0.25) is 9.48 Å². The second-order valence-corrected chi connectivity index (χ2v) is 10.3. The third-order valence-corrected chi connectivity index (χ3v) is 7.51. The number of hydrogen-bond donors (Lipinski definition) is 0. The second-order valence-electron chi connectivity index (χ2n) is 9.14. The van der Waals surface area contributed by atoms with Crippen molar-refractivity contribution in [3.05, 3.63) is 56.6 Å². The minimum absolute atomic E-state index is 0.135. The summed E-state index contributed by atoms with van der Waals surface area (Å²) < 4.78 is 42.9. The lowest BCUT2D eigenvalue weighted by molar-refractivity contribution is -0.141. The van der Waals surface area contributed by atoms with Gasteiger partial charge in [-0.15, -0.1) is 11.3 Å². The Hall–Kier alpha value is -2.90. The van der Waals surface area contributed by atoms with Gasteiger partial charge in [-0.25, -0.2) is 0 Å². The molecule has 1 unspecified atom stereocenters. The minimum atomic E-state index is -4.55. The molecule has 0 aromatic carbocycles. The second kappa shape index (κ2) is 9.99. The highest BCUT2D eigenvalue weighted by atomic mass is 32.1. The van der Waals surface area contributed by atoms with Crippen molar-refractivity contribution in [3.63, 3.8) is 0 Å². The van der Waals surface area contributed by atoms with Gasteiger partial charge in [0.2, 0.25) is 5.91 Å². The van der Waals surface area contributed by atoms with Crippen LogP contribution in [-0.2, 0) is 24.1 Å². The maximum atomic E-state index is 13.9. The van der Waals surface area contributed by atoms with Crippen molar-refractivity contribution in [1.29, 1.82) is 5.26 Å². The molecule has 10 heteroatoms. The summed E-state index contributed by atoms with van der Waals surface area (Å²) in [5.41, 5.74) is 1.84. The molecule has 1 aliphatic carbocycles. The number of thiophene rings is 1. The summed E-state index contributed by atoms with van der Waals surface area (Å²) in [5, 5.41) is 13.3. The summed E-state index contributed by atoms with van der Waals surface area (Å²) in [5.74, 6) is -0.379. The first kappa shape index (κ1) is 25.2. The Morgan fingerprint density at radius 3 is 2.80 bits per heavy atom. The van der Waals surface area contributed by atoms with Crippen molar-refractivity contribution >= 4 is 22.8 Å². The molecule has 4 rings (SSSR count). The molecule has 0 fully saturated rings. The normalized spacial score (nSPS) is 18.6. The maximum absolute atomic E-state index is 13.9. The number of carbonyl (C=O) groups is 1. The maximum Gasteiger partial charge on any atom is 0.435 e. The summed E-state index contributed by atoms with van der Waals surface area (Å²) in [6, 6.07) is 4.03. The number of rotatable bonds is 6. The Balaban J connectivity index is 1.77. The largest absolute Gasteiger partial charge is 0.435 e. The van der Waals surface area contributed by atoms with Crippen LogP contribution in [0.3, 0.4) is 0 Å². The Kier molecular flexibility index (Phi) is 7.20. The minimum Gasteiger partial charge on any atom is -0.333 e. The molecule has 0 radical (unpaired) electrons. The van der Waals surface area contributed by atoms with E-state index in [9.17, 15) is 23.2 Å². The molecule has 6 nitrogen and oxygen atoms in total. The van der Waals surface area contributed by atoms with E-state index in [-0.39, 0.29) is 17.4 Å². The molecule has 2 aromatic heterocycles. The highest BCUT2D eigenvalue weighted by Gasteiger charge is 2.41. The summed E-state index contributed by atoms with van der Waals surface area (Å²) in [6.07, 6.45) is 2.24. The lowest BCUT2D eigenvalue weighted by atomic mass is 9.84. The number of allylic oxidation sites excluding steroid dienone is 1. The van der Waals surface area contributed by atoms with Crippen LogP contribution in [0.4, 0.5) is 13.2 Å². The van der Waals surface area contributed by atoms with Crippen molar-refractivity contribution in [3.8, 4) is 6.07 Å². The Bertz CT molecular complexity index is 1210. The van der Waals surface area contributed by atoms with Crippen LogP contribution in [0.1, 0.15) is 58.7 Å². The van der Waals surface area contributed by atoms with Gasteiger partial charge in [0.15, 0.2) is 5.69 Å². The molecule has 0 bridgehead atoms. The predicted molar refractivity (Wildman–Crippen MR) is 129 cm³/mol. The van der Waals surface area contributed by atoms with Crippen LogP contribution in [0.2, 0.25) is 0 Å². The average Bonchev–Trinajstić information content (AvgIpc) is 3.54. The van der Waals surface area contributed by atoms with Gasteiger partial charge in [-0.1, -0.05) is 11.6 Å². The van der Waals surface area contributed by atoms with Crippen LogP contribution < -0.4 is 0 Å². The molecule has 1 amide bonds. The van der Waals surface area contributed by atoms with Crippen molar-refractivity contribution in [2.24, 2.45) is 0 Å². The molecular weight excluding hydrogens is 475 g/mol. The Morgan fingerprint density at radius 1 is 1.37 bits per heavy atom. The molecule has 0 N–H and O–H groups in total. The van der Waals surface area contributed by atoms with Crippen LogP contribution in [0.5, 0.6) is 0 Å². The molecule has 0 saturated carbocycles. The number of fused-ring (bicyclic) bond motifs is 1. The fraction of sp³-hybridized carbons (Fsp3) is 0.480. The third kappa shape index (κ3) is 5.21. The summed E-state index contributed by atoms with van der Waals surface area (Å²) in [7, 11) is 3.83. The zero-order valence-corrected chi connectivity index (χ0v) is 20.8. The molecule has 186 valence electrons. The number of aryl methyl sites for hydroxylation is 1. The zero-order valence-electron chi connectivity index (χ0n) is 20.0. The number of alkyl halides is 3. The molecule has 2 aliphatic rings. The van der Waals surface area contributed by atoms with Gasteiger partial charge in [0.25, 0.3) is 0 Å². The van der Waals surface area contributed by atoms with Crippen LogP contribution in [0.15, 0.2) is 30.0 Å². The lowest BCUT2D eigenvalue weighted by Gasteiger charge is -2.34. The molecule has 35 heavy (non-hydrogen) atoms. The SMILES string of the molecule is CCn1cc(C2=C(C3CN(C(=O)/C=C/CN(C)C)Cc4sc(C#N)cc43)CCC2)c(C(F)(F)F)n1. The van der Waals surface area contributed by atoms with Crippen molar-refractivity contribution in [1.82, 2.24) is 19.6 Å². The van der Waals surface area contributed by atoms with Crippen molar-refractivity contribution in [2.45, 2.75) is 51.4 Å². The van der Waals surface area contributed by atoms with Crippen LogP contribution in [0.25, 0.3) is 5.57 Å². The van der Waals surface area contributed by atoms with E-state index >= 15 is 0 Å². The van der Waals surface area contributed by atoms with Crippen molar-refractivity contribution in [2.75, 3.05) is 27.2 Å². The first-order valence-corrected chi connectivity index (χ1v) is 12.4. The number of amides is 1. The number of carbonyl (C=O) groups excluding carboxylic acids is 1. The van der Waals surface area contributed by atoms with Gasteiger partial charge in [0.1, 0.15) is 10.9 Å². The van der Waals surface area contributed by atoms with E-state index in [4.69, 9.17) is 0 Å². The molecule has 2 aromatic rings. The predicted octanol–water partition coefficient (Wildman–Crippen LogP) is 5.04. The Morgan fingerprint density at radius 2 is 2.14 bits per heavy atom. The van der Waals surface area contributed by atoms with Gasteiger partial charge in [-0.2, -0.15) is 23.5 Å². The van der Waals surface area contributed by atoms with Gasteiger partial charge in [0.05, 0.1) is 6.54 Å². The van der Waals surface area contributed by atoms with Gasteiger partial charge in [-0.05, 0) is 57.5 Å². The van der Waals surface area contributed by atoms with Crippen LogP contribution in [-0.4, -0.2) is 52.7 Å². The summed E-state index contributed by atoms with van der Waals surface area (Å²) >= 11 is 1.35. The third-order valence-electron chi connectivity index (χ3n) is 6.47. The highest BCUT2D eigenvalue weighted by molar-refractivity contribution is 7.12. The summed E-state index contributed by atoms with van der Waals surface area (Å²) in [6.45, 7) is 3.51. The van der Waals surface area contributed by atoms with Crippen molar-refractivity contribution < 1.29 is 18.0 Å². The van der Waals surface area contributed by atoms with E-state index in [1.807, 2.05) is 25.1 Å². The van der Waals surface area contributed by atoms with E-state index in [1.165, 1.54) is 22.2 Å². The number of aromatic nitrogens is 2.